The van der Waals surface area contributed by atoms with Crippen molar-refractivity contribution in [2.24, 2.45) is 0 Å². The molecule has 0 aromatic heterocycles. The number of anilines is 1. The molecule has 3 aromatic rings. The highest BCUT2D eigenvalue weighted by Crippen LogP contribution is 2.27. The van der Waals surface area contributed by atoms with Crippen LogP contribution in [0.2, 0.25) is 0 Å². The van der Waals surface area contributed by atoms with Crippen LogP contribution in [0.3, 0.4) is 0 Å². The van der Waals surface area contributed by atoms with Gasteiger partial charge >= 0.3 is 0 Å². The first kappa shape index (κ1) is 31.2. The molecule has 1 atom stereocenters. The summed E-state index contributed by atoms with van der Waals surface area (Å²) in [7, 11) is -4.09. The van der Waals surface area contributed by atoms with Gasteiger partial charge in [-0.2, -0.15) is 0 Å². The first-order chi connectivity index (χ1) is 19.0. The van der Waals surface area contributed by atoms with E-state index in [1.54, 1.807) is 36.4 Å². The van der Waals surface area contributed by atoms with Crippen LogP contribution in [-0.4, -0.2) is 50.0 Å². The molecule has 40 heavy (non-hydrogen) atoms. The van der Waals surface area contributed by atoms with Crippen LogP contribution < -0.4 is 9.62 Å². The molecule has 0 bridgehead atoms. The SMILES string of the molecule is CC[C@H](C(=O)NC(C)C)N(Cc1ccc(C)cc1)C(=O)CN(c1ccc(C)cc1)S(=O)(=O)c1ccc(SC)cc1. The third-order valence-electron chi connectivity index (χ3n) is 6.54. The molecular formula is C31H39N3O4S2. The highest BCUT2D eigenvalue weighted by atomic mass is 32.2. The number of carbonyl (C=O) groups is 2. The van der Waals surface area contributed by atoms with Gasteiger partial charge in [0, 0.05) is 17.5 Å². The molecule has 0 aliphatic heterocycles. The number of sulfonamides is 1. The van der Waals surface area contributed by atoms with Gasteiger partial charge in [-0.05, 0) is 82.3 Å². The van der Waals surface area contributed by atoms with Crippen LogP contribution in [0.5, 0.6) is 0 Å². The number of hydrogen-bond acceptors (Lipinski definition) is 5. The summed E-state index contributed by atoms with van der Waals surface area (Å²) in [6, 6.07) is 20.5. The Morgan fingerprint density at radius 2 is 1.43 bits per heavy atom. The highest BCUT2D eigenvalue weighted by molar-refractivity contribution is 7.98. The Morgan fingerprint density at radius 1 is 0.875 bits per heavy atom. The number of amides is 2. The smallest absolute Gasteiger partial charge is 0.264 e. The molecule has 0 heterocycles. The largest absolute Gasteiger partial charge is 0.352 e. The maximum absolute atomic E-state index is 14.1. The lowest BCUT2D eigenvalue weighted by atomic mass is 10.1. The van der Waals surface area contributed by atoms with Crippen molar-refractivity contribution < 1.29 is 18.0 Å². The van der Waals surface area contributed by atoms with Gasteiger partial charge in [0.15, 0.2) is 0 Å². The molecule has 0 saturated heterocycles. The average Bonchev–Trinajstić information content (AvgIpc) is 2.92. The van der Waals surface area contributed by atoms with Crippen molar-refractivity contribution in [3.8, 4) is 0 Å². The summed E-state index contributed by atoms with van der Waals surface area (Å²) in [5, 5.41) is 2.92. The fourth-order valence-electron chi connectivity index (χ4n) is 4.31. The van der Waals surface area contributed by atoms with E-state index < -0.39 is 28.5 Å². The van der Waals surface area contributed by atoms with Crippen LogP contribution in [-0.2, 0) is 26.2 Å². The lowest BCUT2D eigenvalue weighted by molar-refractivity contribution is -0.140. The molecule has 3 rings (SSSR count). The zero-order valence-corrected chi connectivity index (χ0v) is 25.7. The Labute approximate surface area is 243 Å². The zero-order valence-electron chi connectivity index (χ0n) is 24.0. The van der Waals surface area contributed by atoms with E-state index in [2.05, 4.69) is 5.32 Å². The maximum atomic E-state index is 14.1. The summed E-state index contributed by atoms with van der Waals surface area (Å²) in [5.74, 6) is -0.730. The van der Waals surface area contributed by atoms with Crippen LogP contribution >= 0.6 is 11.8 Å². The molecule has 0 radical (unpaired) electrons. The highest BCUT2D eigenvalue weighted by Gasteiger charge is 2.33. The van der Waals surface area contributed by atoms with E-state index in [0.717, 1.165) is 25.9 Å². The van der Waals surface area contributed by atoms with Gasteiger partial charge in [-0.3, -0.25) is 13.9 Å². The van der Waals surface area contributed by atoms with Gasteiger partial charge in [0.1, 0.15) is 12.6 Å². The quantitative estimate of drug-likeness (QED) is 0.283. The number of rotatable bonds is 12. The Kier molecular flexibility index (Phi) is 10.8. The van der Waals surface area contributed by atoms with Crippen molar-refractivity contribution in [1.29, 1.82) is 0 Å². The molecule has 1 N–H and O–H groups in total. The zero-order chi connectivity index (χ0) is 29.4. The van der Waals surface area contributed by atoms with E-state index >= 15 is 0 Å². The number of carbonyl (C=O) groups excluding carboxylic acids is 2. The van der Waals surface area contributed by atoms with Crippen molar-refractivity contribution in [3.05, 3.63) is 89.5 Å². The summed E-state index contributed by atoms with van der Waals surface area (Å²) in [4.78, 5) is 29.8. The number of nitrogens with one attached hydrogen (secondary N) is 1. The number of benzene rings is 3. The number of hydrogen-bond donors (Lipinski definition) is 1. The fraction of sp³-hybridized carbons (Fsp3) is 0.355. The Morgan fingerprint density at radius 3 is 1.93 bits per heavy atom. The topological polar surface area (TPSA) is 86.8 Å². The lowest BCUT2D eigenvalue weighted by Crippen LogP contribution is -2.53. The van der Waals surface area contributed by atoms with Gasteiger partial charge in [-0.25, -0.2) is 8.42 Å². The predicted octanol–water partition coefficient (Wildman–Crippen LogP) is 5.55. The minimum absolute atomic E-state index is 0.0911. The number of aryl methyl sites for hydroxylation is 2. The van der Waals surface area contributed by atoms with Crippen molar-refractivity contribution in [1.82, 2.24) is 10.2 Å². The predicted molar refractivity (Wildman–Crippen MR) is 163 cm³/mol. The second kappa shape index (κ2) is 13.9. The summed E-state index contributed by atoms with van der Waals surface area (Å²) in [6.45, 7) is 9.20. The molecule has 0 spiro atoms. The molecular weight excluding hydrogens is 542 g/mol. The second-order valence-electron chi connectivity index (χ2n) is 10.1. The lowest BCUT2D eigenvalue weighted by Gasteiger charge is -2.33. The third kappa shape index (κ3) is 7.88. The van der Waals surface area contributed by atoms with E-state index in [1.807, 2.05) is 77.3 Å². The Hall–Kier alpha value is -3.30. The molecule has 7 nitrogen and oxygen atoms in total. The van der Waals surface area contributed by atoms with E-state index in [1.165, 1.54) is 16.7 Å². The van der Waals surface area contributed by atoms with Gasteiger partial charge in [0.2, 0.25) is 11.8 Å². The van der Waals surface area contributed by atoms with Crippen LogP contribution in [0.4, 0.5) is 5.69 Å². The first-order valence-corrected chi connectivity index (χ1v) is 16.0. The van der Waals surface area contributed by atoms with E-state index in [9.17, 15) is 18.0 Å². The average molecular weight is 582 g/mol. The van der Waals surface area contributed by atoms with Gasteiger partial charge < -0.3 is 10.2 Å². The third-order valence-corrected chi connectivity index (χ3v) is 9.07. The summed E-state index contributed by atoms with van der Waals surface area (Å²) in [5.41, 5.74) is 3.28. The molecule has 0 unspecified atom stereocenters. The van der Waals surface area contributed by atoms with E-state index in [-0.39, 0.29) is 23.4 Å². The Balaban J connectivity index is 2.05. The van der Waals surface area contributed by atoms with Crippen molar-refractivity contribution in [3.63, 3.8) is 0 Å². The minimum Gasteiger partial charge on any atom is -0.352 e. The standard InChI is InChI=1S/C31H39N3O4S2/c1-7-29(31(36)32-22(2)3)33(20-25-12-8-23(4)9-13-25)30(35)21-34(26-14-10-24(5)11-15-26)40(37,38)28-18-16-27(39-6)17-19-28/h8-19,22,29H,7,20-21H2,1-6H3,(H,32,36)/t29-/m1/s1. The summed E-state index contributed by atoms with van der Waals surface area (Å²) >= 11 is 1.52. The van der Waals surface area contributed by atoms with Gasteiger partial charge in [0.25, 0.3) is 10.0 Å². The van der Waals surface area contributed by atoms with Gasteiger partial charge in [-0.1, -0.05) is 54.4 Å². The van der Waals surface area contributed by atoms with Crippen LogP contribution in [0.15, 0.2) is 82.6 Å². The summed E-state index contributed by atoms with van der Waals surface area (Å²) < 4.78 is 29.1. The maximum Gasteiger partial charge on any atom is 0.264 e. The second-order valence-corrected chi connectivity index (χ2v) is 12.9. The van der Waals surface area contributed by atoms with Gasteiger partial charge in [-0.15, -0.1) is 11.8 Å². The van der Waals surface area contributed by atoms with Gasteiger partial charge in [0.05, 0.1) is 10.6 Å². The monoisotopic (exact) mass is 581 g/mol. The Bertz CT molecular complexity index is 1390. The normalized spacial score (nSPS) is 12.2. The molecule has 214 valence electrons. The molecule has 9 heteroatoms. The fourth-order valence-corrected chi connectivity index (χ4v) is 6.13. The molecule has 2 amide bonds. The summed E-state index contributed by atoms with van der Waals surface area (Å²) in [6.07, 6.45) is 2.30. The van der Waals surface area contributed by atoms with Crippen LogP contribution in [0.25, 0.3) is 0 Å². The number of nitrogens with zero attached hydrogens (tertiary/aromatic N) is 2. The van der Waals surface area contributed by atoms with Crippen LogP contribution in [0.1, 0.15) is 43.9 Å². The molecule has 0 aliphatic rings. The first-order valence-electron chi connectivity index (χ1n) is 13.3. The molecule has 0 saturated carbocycles. The van der Waals surface area contributed by atoms with Crippen molar-refractivity contribution in [2.45, 2.75) is 69.5 Å². The molecule has 0 aliphatic carbocycles. The number of thioether (sulfide) groups is 1. The van der Waals surface area contributed by atoms with Crippen LogP contribution in [0, 0.1) is 13.8 Å². The van der Waals surface area contributed by atoms with E-state index in [0.29, 0.717) is 12.1 Å². The van der Waals surface area contributed by atoms with Crippen molar-refractivity contribution >= 4 is 39.3 Å². The minimum atomic E-state index is -4.09. The molecule has 0 fully saturated rings. The van der Waals surface area contributed by atoms with E-state index in [4.69, 9.17) is 0 Å². The van der Waals surface area contributed by atoms with Crippen molar-refractivity contribution in [2.75, 3.05) is 17.1 Å². The molecule has 3 aromatic carbocycles.